The molecule has 1 fully saturated rings. The number of amides is 5. The van der Waals surface area contributed by atoms with Crippen LogP contribution < -0.4 is 37.1 Å². The molecule has 1 unspecified atom stereocenters. The average molecular weight is 695 g/mol. The molecule has 1 saturated heterocycles. The minimum atomic E-state index is -1.10. The van der Waals surface area contributed by atoms with Crippen LogP contribution in [-0.2, 0) is 36.8 Å². The molecule has 1 aliphatic rings. The number of hydrogen-bond donors (Lipinski definition) is 6. The van der Waals surface area contributed by atoms with E-state index >= 15 is 0 Å². The minimum Gasteiger partial charge on any atom is -0.488 e. The van der Waals surface area contributed by atoms with Gasteiger partial charge < -0.3 is 41.8 Å². The third-order valence-corrected chi connectivity index (χ3v) is 7.66. The summed E-state index contributed by atoms with van der Waals surface area (Å²) in [6, 6.07) is 12.5. The fraction of sp³-hybridized carbons (Fsp3) is 0.541. The highest BCUT2D eigenvalue weighted by atomic mass is 16.6. The minimum absolute atomic E-state index is 0.0977. The van der Waals surface area contributed by atoms with E-state index in [-0.39, 0.29) is 25.2 Å². The first kappa shape index (κ1) is 39.8. The first-order chi connectivity index (χ1) is 23.5. The van der Waals surface area contributed by atoms with Gasteiger partial charge in [0, 0.05) is 19.4 Å². The van der Waals surface area contributed by atoms with Gasteiger partial charge in [0.2, 0.25) is 23.6 Å². The van der Waals surface area contributed by atoms with Crippen molar-refractivity contribution in [3.63, 3.8) is 0 Å². The molecule has 13 nitrogen and oxygen atoms in total. The second-order valence-corrected chi connectivity index (χ2v) is 14.5. The van der Waals surface area contributed by atoms with E-state index in [2.05, 4.69) is 26.6 Å². The Balaban J connectivity index is 1.83. The van der Waals surface area contributed by atoms with Crippen LogP contribution in [0.2, 0.25) is 0 Å². The Morgan fingerprint density at radius 3 is 1.92 bits per heavy atom. The summed E-state index contributed by atoms with van der Waals surface area (Å²) in [7, 11) is 0. The van der Waals surface area contributed by atoms with Crippen LogP contribution in [0.15, 0.2) is 54.6 Å². The van der Waals surface area contributed by atoms with E-state index in [0.29, 0.717) is 38.1 Å². The molecule has 2 aromatic carbocycles. The normalized spacial score (nSPS) is 16.3. The van der Waals surface area contributed by atoms with Crippen molar-refractivity contribution in [2.75, 3.05) is 13.1 Å². The first-order valence-corrected chi connectivity index (χ1v) is 17.2. The fourth-order valence-electron chi connectivity index (χ4n) is 5.31. The third kappa shape index (κ3) is 14.1. The highest BCUT2D eigenvalue weighted by Gasteiger charge is 2.33. The lowest BCUT2D eigenvalue weighted by Crippen LogP contribution is -2.58. The molecule has 13 heteroatoms. The Labute approximate surface area is 295 Å². The number of carbonyl (C=O) groups is 5. The zero-order valence-corrected chi connectivity index (χ0v) is 30.1. The Morgan fingerprint density at radius 1 is 0.780 bits per heavy atom. The first-order valence-electron chi connectivity index (χ1n) is 17.2. The zero-order valence-electron chi connectivity index (χ0n) is 30.1. The van der Waals surface area contributed by atoms with E-state index in [1.165, 1.54) is 0 Å². The van der Waals surface area contributed by atoms with Gasteiger partial charge in [-0.1, -0.05) is 42.5 Å². The van der Waals surface area contributed by atoms with Gasteiger partial charge >= 0.3 is 6.09 Å². The molecule has 3 rings (SSSR count). The molecule has 0 bridgehead atoms. The van der Waals surface area contributed by atoms with Gasteiger partial charge in [0.1, 0.15) is 41.1 Å². The van der Waals surface area contributed by atoms with Crippen molar-refractivity contribution in [3.05, 3.63) is 65.7 Å². The number of benzene rings is 2. The topological polar surface area (TPSA) is 190 Å². The number of ether oxygens (including phenoxy) is 2. The molecule has 274 valence electrons. The van der Waals surface area contributed by atoms with Crippen molar-refractivity contribution >= 4 is 29.7 Å². The van der Waals surface area contributed by atoms with Gasteiger partial charge in [-0.05, 0) is 97.0 Å². The summed E-state index contributed by atoms with van der Waals surface area (Å²) in [6.45, 7) is 11.8. The van der Waals surface area contributed by atoms with Crippen LogP contribution in [0.4, 0.5) is 4.79 Å². The Kier molecular flexibility index (Phi) is 14.6. The summed E-state index contributed by atoms with van der Waals surface area (Å²) in [6.07, 6.45) is 1.27. The molecule has 2 aromatic rings. The van der Waals surface area contributed by atoms with Gasteiger partial charge in [0.15, 0.2) is 0 Å². The predicted molar refractivity (Wildman–Crippen MR) is 190 cm³/mol. The predicted octanol–water partition coefficient (Wildman–Crippen LogP) is 2.65. The van der Waals surface area contributed by atoms with Gasteiger partial charge in [-0.15, -0.1) is 0 Å². The second-order valence-electron chi connectivity index (χ2n) is 14.5. The average Bonchev–Trinajstić information content (AvgIpc) is 3.43. The van der Waals surface area contributed by atoms with Crippen molar-refractivity contribution in [1.29, 1.82) is 0 Å². The lowest BCUT2D eigenvalue weighted by atomic mass is 10.0. The van der Waals surface area contributed by atoms with E-state index < -0.39 is 59.2 Å². The number of nitrogens with two attached hydrogens (primary N) is 1. The van der Waals surface area contributed by atoms with Crippen molar-refractivity contribution in [1.82, 2.24) is 26.6 Å². The molecular weight excluding hydrogens is 640 g/mol. The van der Waals surface area contributed by atoms with E-state index in [4.69, 9.17) is 15.2 Å². The molecule has 4 atom stereocenters. The molecule has 1 heterocycles. The maximum atomic E-state index is 13.9. The molecule has 7 N–H and O–H groups in total. The maximum Gasteiger partial charge on any atom is 0.408 e. The van der Waals surface area contributed by atoms with Crippen molar-refractivity contribution in [3.8, 4) is 5.75 Å². The Bertz CT molecular complexity index is 1440. The molecule has 0 aliphatic carbocycles. The van der Waals surface area contributed by atoms with Gasteiger partial charge in [-0.2, -0.15) is 0 Å². The summed E-state index contributed by atoms with van der Waals surface area (Å²) in [5.41, 5.74) is 6.06. The largest absolute Gasteiger partial charge is 0.488 e. The number of rotatable bonds is 16. The smallest absolute Gasteiger partial charge is 0.408 e. The van der Waals surface area contributed by atoms with Crippen molar-refractivity contribution < 1.29 is 33.4 Å². The molecule has 0 saturated carbocycles. The lowest BCUT2D eigenvalue weighted by molar-refractivity contribution is -0.133. The van der Waals surface area contributed by atoms with E-state index in [1.807, 2.05) is 51.1 Å². The maximum absolute atomic E-state index is 13.9. The highest BCUT2D eigenvalue weighted by molar-refractivity contribution is 5.95. The molecule has 0 aromatic heterocycles. The van der Waals surface area contributed by atoms with Crippen LogP contribution >= 0.6 is 0 Å². The third-order valence-electron chi connectivity index (χ3n) is 7.66. The number of carbonyl (C=O) groups excluding carboxylic acids is 5. The molecule has 0 radical (unpaired) electrons. The van der Waals surface area contributed by atoms with E-state index in [9.17, 15) is 24.0 Å². The van der Waals surface area contributed by atoms with Gasteiger partial charge in [0.25, 0.3) is 0 Å². The lowest BCUT2D eigenvalue weighted by Gasteiger charge is -2.27. The monoisotopic (exact) mass is 694 g/mol. The summed E-state index contributed by atoms with van der Waals surface area (Å²) >= 11 is 0. The van der Waals surface area contributed by atoms with Crippen molar-refractivity contribution in [2.24, 2.45) is 5.73 Å². The number of nitrogens with one attached hydrogen (secondary N) is 5. The fourth-order valence-corrected chi connectivity index (χ4v) is 5.31. The molecule has 1 aliphatic heterocycles. The number of alkyl carbamates (subject to hydrolysis) is 1. The molecule has 0 spiro atoms. The van der Waals surface area contributed by atoms with E-state index in [1.54, 1.807) is 45.0 Å². The standard InChI is InChI=1S/C37H54N6O7/c1-36(2,3)49-26-17-15-25(16-18-26)23-30(43-35(48)50-37(4,5)6)34(47)40-27(14-10-11-20-38)32(45)42-29(22-24-12-8-7-9-13-24)33(46)41-28-19-21-39-31(28)44/h7-9,12-13,15-18,27-30H,10-11,14,19-23,38H2,1-6H3,(H,39,44)(H,40,47)(H,41,46)(H,42,45)(H,43,48)/t27-,28?,29+,30+/m1/s1. The summed E-state index contributed by atoms with van der Waals surface area (Å²) in [4.78, 5) is 66.3. The number of unbranched alkanes of at least 4 members (excludes halogenated alkanes) is 1. The van der Waals surface area contributed by atoms with Crippen molar-refractivity contribution in [2.45, 2.75) is 115 Å². The van der Waals surface area contributed by atoms with Crippen LogP contribution in [0.1, 0.15) is 78.4 Å². The summed E-state index contributed by atoms with van der Waals surface area (Å²) < 4.78 is 11.4. The van der Waals surface area contributed by atoms with Crippen LogP contribution in [0, 0.1) is 0 Å². The van der Waals surface area contributed by atoms with Gasteiger partial charge in [-0.25, -0.2) is 4.79 Å². The Hall–Kier alpha value is -4.65. The quantitative estimate of drug-likeness (QED) is 0.145. The van der Waals surface area contributed by atoms with E-state index in [0.717, 1.165) is 11.1 Å². The van der Waals surface area contributed by atoms with Crippen LogP contribution in [0.3, 0.4) is 0 Å². The second kappa shape index (κ2) is 18.4. The van der Waals surface area contributed by atoms with Crippen LogP contribution in [0.5, 0.6) is 5.75 Å². The Morgan fingerprint density at radius 2 is 1.36 bits per heavy atom. The molecule has 50 heavy (non-hydrogen) atoms. The van der Waals surface area contributed by atoms with Crippen LogP contribution in [0.25, 0.3) is 0 Å². The summed E-state index contributed by atoms with van der Waals surface area (Å²) in [5.74, 6) is -1.33. The SMILES string of the molecule is CC(C)(C)OC(=O)N[C@@H](Cc1ccc(OC(C)(C)C)cc1)C(=O)N[C@H](CCCCN)C(=O)N[C@@H](Cc1ccccc1)C(=O)NC1CCNC1=O. The van der Waals surface area contributed by atoms with Gasteiger partial charge in [0.05, 0.1) is 0 Å². The zero-order chi connectivity index (χ0) is 36.9. The van der Waals surface area contributed by atoms with Gasteiger partial charge in [-0.3, -0.25) is 19.2 Å². The highest BCUT2D eigenvalue weighted by Crippen LogP contribution is 2.19. The molecule has 5 amide bonds. The van der Waals surface area contributed by atoms with Crippen LogP contribution in [-0.4, -0.2) is 78.2 Å². The number of hydrogen-bond acceptors (Lipinski definition) is 8. The summed E-state index contributed by atoms with van der Waals surface area (Å²) in [5, 5.41) is 13.7. The molecular formula is C37H54N6O7.